The van der Waals surface area contributed by atoms with E-state index in [-0.39, 0.29) is 25.2 Å². The highest BCUT2D eigenvalue weighted by Crippen LogP contribution is 1.98. The molecule has 84 valence electrons. The molecule has 6 heteroatoms. The first-order valence-electron chi connectivity index (χ1n) is 4.58. The third kappa shape index (κ3) is 3.99. The van der Waals surface area contributed by atoms with Gasteiger partial charge < -0.3 is 15.2 Å². The first-order chi connectivity index (χ1) is 7.11. The minimum Gasteiger partial charge on any atom is -0.462 e. The van der Waals surface area contributed by atoms with E-state index in [4.69, 9.17) is 15.2 Å². The van der Waals surface area contributed by atoms with Crippen LogP contribution < -0.4 is 5.73 Å². The number of hydrogen-bond donors (Lipinski definition) is 1. The second-order valence-corrected chi connectivity index (χ2v) is 3.20. The summed E-state index contributed by atoms with van der Waals surface area (Å²) < 4.78 is 11.3. The maximum absolute atomic E-state index is 11.3. The highest BCUT2D eigenvalue weighted by Gasteiger charge is 2.07. The average molecular weight is 213 g/mol. The van der Waals surface area contributed by atoms with Crippen molar-refractivity contribution in [3.63, 3.8) is 0 Å². The number of carbonyl (C=O) groups is 1. The summed E-state index contributed by atoms with van der Waals surface area (Å²) in [7, 11) is 1.56. The van der Waals surface area contributed by atoms with Gasteiger partial charge in [-0.2, -0.15) is 5.10 Å². The highest BCUT2D eigenvalue weighted by atomic mass is 16.6. The molecular formula is C9H15N3O3. The maximum Gasteiger partial charge on any atom is 0.327 e. The minimum atomic E-state index is -0.359. The summed E-state index contributed by atoms with van der Waals surface area (Å²) in [4.78, 5) is 11.3. The first kappa shape index (κ1) is 11.5. The van der Waals surface area contributed by atoms with Crippen LogP contribution in [0.1, 0.15) is 6.92 Å². The van der Waals surface area contributed by atoms with Gasteiger partial charge in [-0.25, -0.2) is 0 Å². The Hall–Kier alpha value is -1.56. The molecule has 0 fully saturated rings. The van der Waals surface area contributed by atoms with E-state index in [1.165, 1.54) is 10.9 Å². The summed E-state index contributed by atoms with van der Waals surface area (Å²) in [6.45, 7) is 2.12. The highest BCUT2D eigenvalue weighted by molar-refractivity contribution is 5.69. The lowest BCUT2D eigenvalue weighted by molar-refractivity contribution is -0.147. The van der Waals surface area contributed by atoms with Crippen LogP contribution in [0.3, 0.4) is 0 Å². The zero-order chi connectivity index (χ0) is 11.3. The molecule has 6 nitrogen and oxygen atoms in total. The van der Waals surface area contributed by atoms with Crippen LogP contribution in [0.5, 0.6) is 0 Å². The van der Waals surface area contributed by atoms with Crippen molar-refractivity contribution in [1.82, 2.24) is 9.78 Å². The molecule has 0 radical (unpaired) electrons. The molecule has 0 aromatic carbocycles. The van der Waals surface area contributed by atoms with E-state index in [2.05, 4.69) is 5.10 Å². The maximum atomic E-state index is 11.3. The van der Waals surface area contributed by atoms with Gasteiger partial charge in [-0.15, -0.1) is 0 Å². The molecule has 0 aliphatic heterocycles. The number of anilines is 1. The minimum absolute atomic E-state index is 0.0631. The summed E-state index contributed by atoms with van der Waals surface area (Å²) in [5, 5.41) is 3.86. The zero-order valence-corrected chi connectivity index (χ0v) is 8.84. The normalized spacial score (nSPS) is 12.4. The van der Waals surface area contributed by atoms with Gasteiger partial charge in [0.2, 0.25) is 0 Å². The molecule has 1 aromatic rings. The number of methoxy groups -OCH3 is 1. The van der Waals surface area contributed by atoms with E-state index in [1.807, 2.05) is 6.92 Å². The Labute approximate surface area is 88.0 Å². The largest absolute Gasteiger partial charge is 0.462 e. The van der Waals surface area contributed by atoms with Crippen molar-refractivity contribution in [1.29, 1.82) is 0 Å². The number of rotatable bonds is 5. The number of nitrogen functional groups attached to an aromatic ring is 1. The fraction of sp³-hybridized carbons (Fsp3) is 0.556. The fourth-order valence-electron chi connectivity index (χ4n) is 0.922. The number of nitrogens with zero attached hydrogens (tertiary/aromatic N) is 2. The van der Waals surface area contributed by atoms with E-state index in [0.717, 1.165) is 0 Å². The molecule has 0 bridgehead atoms. The van der Waals surface area contributed by atoms with Crippen LogP contribution in [0.2, 0.25) is 0 Å². The van der Waals surface area contributed by atoms with Crippen LogP contribution in [-0.4, -0.2) is 35.6 Å². The van der Waals surface area contributed by atoms with Gasteiger partial charge >= 0.3 is 5.97 Å². The Morgan fingerprint density at radius 1 is 1.73 bits per heavy atom. The fourth-order valence-corrected chi connectivity index (χ4v) is 0.922. The first-order valence-corrected chi connectivity index (χ1v) is 4.58. The molecule has 1 rings (SSSR count). The average Bonchev–Trinajstić information content (AvgIpc) is 2.60. The third-order valence-electron chi connectivity index (χ3n) is 1.83. The van der Waals surface area contributed by atoms with Crippen molar-refractivity contribution in [3.8, 4) is 0 Å². The van der Waals surface area contributed by atoms with Crippen molar-refractivity contribution in [2.75, 3.05) is 19.5 Å². The van der Waals surface area contributed by atoms with Crippen LogP contribution in [0.15, 0.2) is 12.4 Å². The van der Waals surface area contributed by atoms with Gasteiger partial charge in [-0.05, 0) is 6.92 Å². The van der Waals surface area contributed by atoms with Gasteiger partial charge in [0, 0.05) is 13.3 Å². The van der Waals surface area contributed by atoms with Crippen LogP contribution in [0.25, 0.3) is 0 Å². The predicted octanol–water partition coefficient (Wildman–Crippen LogP) is 0.0434. The lowest BCUT2D eigenvalue weighted by Gasteiger charge is -2.09. The van der Waals surface area contributed by atoms with Gasteiger partial charge in [-0.1, -0.05) is 0 Å². The van der Waals surface area contributed by atoms with E-state index in [9.17, 15) is 4.79 Å². The van der Waals surface area contributed by atoms with Crippen LogP contribution in [0.4, 0.5) is 5.69 Å². The quantitative estimate of drug-likeness (QED) is 0.699. The number of esters is 1. The van der Waals surface area contributed by atoms with E-state index in [1.54, 1.807) is 13.3 Å². The van der Waals surface area contributed by atoms with Gasteiger partial charge in [0.1, 0.15) is 13.2 Å². The van der Waals surface area contributed by atoms with Crippen molar-refractivity contribution >= 4 is 11.7 Å². The summed E-state index contributed by atoms with van der Waals surface area (Å²) in [6, 6.07) is 0. The molecule has 15 heavy (non-hydrogen) atoms. The van der Waals surface area contributed by atoms with E-state index in [0.29, 0.717) is 5.69 Å². The second-order valence-electron chi connectivity index (χ2n) is 3.20. The van der Waals surface area contributed by atoms with Crippen molar-refractivity contribution in [2.45, 2.75) is 19.6 Å². The van der Waals surface area contributed by atoms with Gasteiger partial charge in [0.25, 0.3) is 0 Å². The third-order valence-corrected chi connectivity index (χ3v) is 1.83. The molecule has 0 aliphatic rings. The summed E-state index contributed by atoms with van der Waals surface area (Å²) in [5.74, 6) is -0.359. The van der Waals surface area contributed by atoms with Crippen molar-refractivity contribution in [2.24, 2.45) is 0 Å². The molecular weight excluding hydrogens is 198 g/mol. The molecule has 1 unspecified atom stereocenters. The molecule has 2 N–H and O–H groups in total. The smallest absolute Gasteiger partial charge is 0.327 e. The standard InChI is InChI=1S/C9H15N3O3/c1-7(14-2)6-15-9(13)5-12-4-8(10)3-11-12/h3-4,7H,5-6,10H2,1-2H3. The number of ether oxygens (including phenoxy) is 2. The van der Waals surface area contributed by atoms with E-state index < -0.39 is 0 Å². The molecule has 1 heterocycles. The summed E-state index contributed by atoms with van der Waals surface area (Å²) in [6.07, 6.45) is 2.95. The van der Waals surface area contributed by atoms with Crippen LogP contribution in [-0.2, 0) is 20.8 Å². The van der Waals surface area contributed by atoms with Crippen molar-refractivity contribution < 1.29 is 14.3 Å². The van der Waals surface area contributed by atoms with Gasteiger partial charge in [0.15, 0.2) is 0 Å². The Morgan fingerprint density at radius 2 is 2.47 bits per heavy atom. The molecule has 0 spiro atoms. The van der Waals surface area contributed by atoms with Crippen LogP contribution >= 0.6 is 0 Å². The van der Waals surface area contributed by atoms with Crippen molar-refractivity contribution in [3.05, 3.63) is 12.4 Å². The van der Waals surface area contributed by atoms with Gasteiger partial charge in [0.05, 0.1) is 18.0 Å². The van der Waals surface area contributed by atoms with Crippen LogP contribution in [0, 0.1) is 0 Å². The molecule has 0 saturated carbocycles. The van der Waals surface area contributed by atoms with E-state index >= 15 is 0 Å². The molecule has 1 atom stereocenters. The lowest BCUT2D eigenvalue weighted by Crippen LogP contribution is -2.20. The number of hydrogen-bond acceptors (Lipinski definition) is 5. The topological polar surface area (TPSA) is 79.4 Å². The summed E-state index contributed by atoms with van der Waals surface area (Å²) in [5.41, 5.74) is 5.96. The number of nitrogens with two attached hydrogens (primary N) is 1. The second kappa shape index (κ2) is 5.35. The molecule has 0 saturated heterocycles. The molecule has 1 aromatic heterocycles. The SMILES string of the molecule is COC(C)COC(=O)Cn1cc(N)cn1. The number of carbonyl (C=O) groups excluding carboxylic acids is 1. The lowest BCUT2D eigenvalue weighted by atomic mass is 10.4. The molecule has 0 aliphatic carbocycles. The zero-order valence-electron chi connectivity index (χ0n) is 8.84. The Morgan fingerprint density at radius 3 is 3.00 bits per heavy atom. The Bertz CT molecular complexity index is 324. The van der Waals surface area contributed by atoms with Gasteiger partial charge in [-0.3, -0.25) is 9.48 Å². The summed E-state index contributed by atoms with van der Waals surface area (Å²) >= 11 is 0. The number of aromatic nitrogens is 2. The predicted molar refractivity (Wildman–Crippen MR) is 54.1 cm³/mol. The Kier molecular flexibility index (Phi) is 4.11. The Balaban J connectivity index is 2.30. The molecule has 0 amide bonds. The monoisotopic (exact) mass is 213 g/mol.